The van der Waals surface area contributed by atoms with E-state index in [1.165, 1.54) is 12.8 Å². The molecule has 1 aliphatic heterocycles. The first-order chi connectivity index (χ1) is 5.33. The molecular weight excluding hydrogens is 140 g/mol. The van der Waals surface area contributed by atoms with Crippen molar-refractivity contribution in [3.63, 3.8) is 0 Å². The van der Waals surface area contributed by atoms with Crippen molar-refractivity contribution in [1.82, 2.24) is 5.01 Å². The van der Waals surface area contributed by atoms with Crippen LogP contribution in [0, 0.1) is 5.92 Å². The lowest BCUT2D eigenvalue weighted by molar-refractivity contribution is 0.0425. The van der Waals surface area contributed by atoms with Crippen LogP contribution in [-0.2, 0) is 4.74 Å². The summed E-state index contributed by atoms with van der Waals surface area (Å²) < 4.78 is 5.34. The first-order valence-corrected chi connectivity index (χ1v) is 4.08. The SMILES string of the molecule is C=NN(C)CC1CCCOC1. The Morgan fingerprint density at radius 2 is 2.55 bits per heavy atom. The summed E-state index contributed by atoms with van der Waals surface area (Å²) in [6.07, 6.45) is 2.45. The standard InChI is InChI=1S/C8H16N2O/c1-9-10(2)6-8-4-3-5-11-7-8/h8H,1,3-7H2,2H3. The Morgan fingerprint density at radius 3 is 3.09 bits per heavy atom. The van der Waals surface area contributed by atoms with Crippen molar-refractivity contribution in [3.05, 3.63) is 0 Å². The third kappa shape index (κ3) is 2.89. The second-order valence-electron chi connectivity index (χ2n) is 3.06. The molecule has 1 unspecified atom stereocenters. The second-order valence-corrected chi connectivity index (χ2v) is 3.06. The number of ether oxygens (including phenoxy) is 1. The van der Waals surface area contributed by atoms with Crippen molar-refractivity contribution in [3.8, 4) is 0 Å². The third-order valence-corrected chi connectivity index (χ3v) is 2.02. The summed E-state index contributed by atoms with van der Waals surface area (Å²) in [6.45, 7) is 6.26. The summed E-state index contributed by atoms with van der Waals surface area (Å²) in [5.41, 5.74) is 0. The molecule has 11 heavy (non-hydrogen) atoms. The zero-order valence-electron chi connectivity index (χ0n) is 7.12. The molecular formula is C8H16N2O. The molecule has 0 radical (unpaired) electrons. The quantitative estimate of drug-likeness (QED) is 0.449. The van der Waals surface area contributed by atoms with Crippen LogP contribution in [0.3, 0.4) is 0 Å². The summed E-state index contributed by atoms with van der Waals surface area (Å²) in [4.78, 5) is 0. The molecule has 1 atom stereocenters. The molecule has 0 N–H and O–H groups in total. The van der Waals surface area contributed by atoms with E-state index in [1.807, 2.05) is 12.1 Å². The molecule has 1 saturated heterocycles. The first kappa shape index (κ1) is 8.53. The zero-order valence-corrected chi connectivity index (χ0v) is 7.12. The summed E-state index contributed by atoms with van der Waals surface area (Å²) >= 11 is 0. The summed E-state index contributed by atoms with van der Waals surface area (Å²) in [5, 5.41) is 5.68. The van der Waals surface area contributed by atoms with E-state index in [2.05, 4.69) is 11.8 Å². The monoisotopic (exact) mass is 156 g/mol. The van der Waals surface area contributed by atoms with Gasteiger partial charge in [-0.15, -0.1) is 0 Å². The maximum absolute atomic E-state index is 5.34. The Balaban J connectivity index is 2.18. The highest BCUT2D eigenvalue weighted by molar-refractivity contribution is 5.22. The van der Waals surface area contributed by atoms with Gasteiger partial charge in [-0.2, -0.15) is 5.10 Å². The summed E-state index contributed by atoms with van der Waals surface area (Å²) in [7, 11) is 1.95. The lowest BCUT2D eigenvalue weighted by atomic mass is 10.0. The molecule has 64 valence electrons. The van der Waals surface area contributed by atoms with Crippen LogP contribution < -0.4 is 0 Å². The van der Waals surface area contributed by atoms with Gasteiger partial charge in [0.2, 0.25) is 0 Å². The van der Waals surface area contributed by atoms with E-state index < -0.39 is 0 Å². The number of hydrogen-bond acceptors (Lipinski definition) is 3. The van der Waals surface area contributed by atoms with Crippen molar-refractivity contribution in [2.24, 2.45) is 11.0 Å². The first-order valence-electron chi connectivity index (χ1n) is 4.08. The highest BCUT2D eigenvalue weighted by Crippen LogP contribution is 2.13. The average molecular weight is 156 g/mol. The number of hydrogen-bond donors (Lipinski definition) is 0. The largest absolute Gasteiger partial charge is 0.381 e. The highest BCUT2D eigenvalue weighted by atomic mass is 16.5. The number of hydrazone groups is 1. The van der Waals surface area contributed by atoms with Crippen molar-refractivity contribution in [2.45, 2.75) is 12.8 Å². The maximum atomic E-state index is 5.34. The van der Waals surface area contributed by atoms with Crippen LogP contribution in [0.4, 0.5) is 0 Å². The molecule has 0 aliphatic carbocycles. The molecule has 0 aromatic carbocycles. The molecule has 0 amide bonds. The molecule has 1 aliphatic rings. The Hall–Kier alpha value is -0.570. The smallest absolute Gasteiger partial charge is 0.0511 e. The van der Waals surface area contributed by atoms with Crippen LogP contribution in [0.5, 0.6) is 0 Å². The van der Waals surface area contributed by atoms with E-state index in [0.717, 1.165) is 19.8 Å². The van der Waals surface area contributed by atoms with Gasteiger partial charge in [0.1, 0.15) is 0 Å². The van der Waals surface area contributed by atoms with Gasteiger partial charge in [-0.25, -0.2) is 0 Å². The normalized spacial score (nSPS) is 24.6. The predicted molar refractivity (Wildman–Crippen MR) is 45.7 cm³/mol. The number of rotatable bonds is 3. The molecule has 1 rings (SSSR count). The fraction of sp³-hybridized carbons (Fsp3) is 0.875. The van der Waals surface area contributed by atoms with Crippen LogP contribution in [0.1, 0.15) is 12.8 Å². The van der Waals surface area contributed by atoms with E-state index in [0.29, 0.717) is 5.92 Å². The molecule has 1 fully saturated rings. The molecule has 1 heterocycles. The van der Waals surface area contributed by atoms with Crippen molar-refractivity contribution >= 4 is 6.72 Å². The molecule has 0 spiro atoms. The van der Waals surface area contributed by atoms with Gasteiger partial charge in [-0.05, 0) is 12.8 Å². The lowest BCUT2D eigenvalue weighted by Gasteiger charge is -2.25. The molecule has 0 saturated carbocycles. The highest BCUT2D eigenvalue weighted by Gasteiger charge is 2.14. The van der Waals surface area contributed by atoms with Crippen molar-refractivity contribution in [1.29, 1.82) is 0 Å². The Labute approximate surface area is 68.0 Å². The minimum absolute atomic E-state index is 0.652. The van der Waals surface area contributed by atoms with Crippen molar-refractivity contribution in [2.75, 3.05) is 26.8 Å². The molecule has 0 aromatic heterocycles. The number of nitrogens with zero attached hydrogens (tertiary/aromatic N) is 2. The van der Waals surface area contributed by atoms with Crippen LogP contribution in [-0.4, -0.2) is 38.5 Å². The van der Waals surface area contributed by atoms with Crippen LogP contribution in [0.25, 0.3) is 0 Å². The molecule has 0 aromatic rings. The van der Waals surface area contributed by atoms with Gasteiger partial charge in [-0.1, -0.05) is 0 Å². The molecule has 3 heteroatoms. The predicted octanol–water partition coefficient (Wildman–Crippen LogP) is 0.960. The lowest BCUT2D eigenvalue weighted by Crippen LogP contribution is -2.27. The van der Waals surface area contributed by atoms with E-state index >= 15 is 0 Å². The Kier molecular flexibility index (Phi) is 3.36. The van der Waals surface area contributed by atoms with Gasteiger partial charge in [0.15, 0.2) is 0 Å². The van der Waals surface area contributed by atoms with Gasteiger partial charge in [0, 0.05) is 32.8 Å². The fourth-order valence-corrected chi connectivity index (χ4v) is 1.38. The minimum Gasteiger partial charge on any atom is -0.381 e. The van der Waals surface area contributed by atoms with Gasteiger partial charge >= 0.3 is 0 Å². The molecule has 3 nitrogen and oxygen atoms in total. The second kappa shape index (κ2) is 4.34. The fourth-order valence-electron chi connectivity index (χ4n) is 1.38. The minimum atomic E-state index is 0.652. The average Bonchev–Trinajstić information content (AvgIpc) is 2.06. The van der Waals surface area contributed by atoms with E-state index in [1.54, 1.807) is 0 Å². The van der Waals surface area contributed by atoms with E-state index in [4.69, 9.17) is 4.74 Å². The van der Waals surface area contributed by atoms with Gasteiger partial charge in [0.25, 0.3) is 0 Å². The Bertz CT molecular complexity index is 121. The van der Waals surface area contributed by atoms with E-state index in [9.17, 15) is 0 Å². The van der Waals surface area contributed by atoms with Crippen LogP contribution in [0.2, 0.25) is 0 Å². The van der Waals surface area contributed by atoms with Gasteiger partial charge < -0.3 is 9.75 Å². The van der Waals surface area contributed by atoms with E-state index in [-0.39, 0.29) is 0 Å². The zero-order chi connectivity index (χ0) is 8.10. The molecule has 0 bridgehead atoms. The Morgan fingerprint density at radius 1 is 1.73 bits per heavy atom. The topological polar surface area (TPSA) is 24.8 Å². The summed E-state index contributed by atoms with van der Waals surface area (Å²) in [6, 6.07) is 0. The maximum Gasteiger partial charge on any atom is 0.0511 e. The van der Waals surface area contributed by atoms with Crippen LogP contribution in [0.15, 0.2) is 5.10 Å². The van der Waals surface area contributed by atoms with Gasteiger partial charge in [-0.3, -0.25) is 0 Å². The van der Waals surface area contributed by atoms with Crippen LogP contribution >= 0.6 is 0 Å². The van der Waals surface area contributed by atoms with Crippen molar-refractivity contribution < 1.29 is 4.74 Å². The third-order valence-electron chi connectivity index (χ3n) is 2.02. The van der Waals surface area contributed by atoms with Gasteiger partial charge in [0.05, 0.1) is 6.61 Å². The summed E-state index contributed by atoms with van der Waals surface area (Å²) in [5.74, 6) is 0.652.